The molecule has 0 amide bonds. The molecule has 4 heteroatoms. The molecule has 118 valence electrons. The molecule has 0 aliphatic carbocycles. The van der Waals surface area contributed by atoms with Crippen LogP contribution in [0.25, 0.3) is 11.0 Å². The Kier molecular flexibility index (Phi) is 4.21. The zero-order valence-corrected chi connectivity index (χ0v) is 13.4. The van der Waals surface area contributed by atoms with Crippen molar-refractivity contribution in [2.75, 3.05) is 13.1 Å². The number of aryl methyl sites for hydroxylation is 1. The lowest BCUT2D eigenvalue weighted by molar-refractivity contribution is -0.918. The average molecular weight is 302 g/mol. The first kappa shape index (κ1) is 15.1. The minimum atomic E-state index is -0.270. The predicted octanol–water partition coefficient (Wildman–Crippen LogP) is 1.94. The Hall–Kier alpha value is -1.81. The molecule has 0 radical (unpaired) electrons. The van der Waals surface area contributed by atoms with Gasteiger partial charge in [-0.1, -0.05) is 6.92 Å². The Morgan fingerprint density at radius 2 is 1.91 bits per heavy atom. The number of likely N-dealkylation sites (tertiary alicyclic amines) is 1. The second-order valence-corrected chi connectivity index (χ2v) is 6.27. The molecule has 0 spiro atoms. The van der Waals surface area contributed by atoms with Crippen LogP contribution in [0.15, 0.2) is 21.3 Å². The van der Waals surface area contributed by atoms with Crippen LogP contribution in [-0.4, -0.2) is 18.2 Å². The van der Waals surface area contributed by atoms with E-state index in [1.54, 1.807) is 6.07 Å². The third-order valence-electron chi connectivity index (χ3n) is 4.87. The van der Waals surface area contributed by atoms with Gasteiger partial charge in [-0.15, -0.1) is 0 Å². The molecule has 0 atom stereocenters. The summed E-state index contributed by atoms with van der Waals surface area (Å²) in [5.41, 5.74) is 2.78. The summed E-state index contributed by atoms with van der Waals surface area (Å²) >= 11 is 0. The van der Waals surface area contributed by atoms with Crippen LogP contribution in [0.3, 0.4) is 0 Å². The zero-order valence-electron chi connectivity index (χ0n) is 13.4. The van der Waals surface area contributed by atoms with Gasteiger partial charge < -0.3 is 14.4 Å². The van der Waals surface area contributed by atoms with E-state index in [4.69, 9.17) is 4.42 Å². The van der Waals surface area contributed by atoms with Crippen LogP contribution in [0.4, 0.5) is 0 Å². The molecule has 2 heterocycles. The first-order valence-electron chi connectivity index (χ1n) is 8.22. The number of benzene rings is 1. The van der Waals surface area contributed by atoms with Crippen molar-refractivity contribution < 1.29 is 14.4 Å². The topological polar surface area (TPSA) is 54.9 Å². The van der Waals surface area contributed by atoms with Gasteiger partial charge in [0.1, 0.15) is 12.3 Å². The van der Waals surface area contributed by atoms with Crippen molar-refractivity contribution in [2.24, 2.45) is 0 Å². The van der Waals surface area contributed by atoms with Crippen molar-refractivity contribution in [1.82, 2.24) is 0 Å². The molecule has 0 bridgehead atoms. The Morgan fingerprint density at radius 1 is 1.18 bits per heavy atom. The molecular weight excluding hydrogens is 278 g/mol. The maximum absolute atomic E-state index is 12.2. The summed E-state index contributed by atoms with van der Waals surface area (Å²) in [5, 5.41) is 11.2. The Morgan fingerprint density at radius 3 is 2.59 bits per heavy atom. The van der Waals surface area contributed by atoms with E-state index in [2.05, 4.69) is 0 Å². The highest BCUT2D eigenvalue weighted by Gasteiger charge is 2.21. The minimum absolute atomic E-state index is 0.234. The summed E-state index contributed by atoms with van der Waals surface area (Å²) in [6, 6.07) is 3.59. The quantitative estimate of drug-likeness (QED) is 0.852. The summed E-state index contributed by atoms with van der Waals surface area (Å²) in [4.78, 5) is 13.6. The van der Waals surface area contributed by atoms with E-state index >= 15 is 0 Å². The average Bonchev–Trinajstić information content (AvgIpc) is 2.52. The lowest BCUT2D eigenvalue weighted by Gasteiger charge is -2.24. The van der Waals surface area contributed by atoms with Gasteiger partial charge in [-0.2, -0.15) is 0 Å². The molecule has 0 unspecified atom stereocenters. The van der Waals surface area contributed by atoms with Crippen LogP contribution in [0, 0.1) is 6.92 Å². The second-order valence-electron chi connectivity index (χ2n) is 6.27. The van der Waals surface area contributed by atoms with E-state index < -0.39 is 0 Å². The second kappa shape index (κ2) is 6.13. The molecular formula is C18H24NO3+. The molecule has 3 rings (SSSR count). The third kappa shape index (κ3) is 2.63. The number of nitrogens with one attached hydrogen (secondary N) is 1. The molecule has 2 N–H and O–H groups in total. The maximum atomic E-state index is 12.2. The van der Waals surface area contributed by atoms with Gasteiger partial charge in [-0.25, -0.2) is 4.79 Å². The fraction of sp³-hybridized carbons (Fsp3) is 0.500. The van der Waals surface area contributed by atoms with E-state index in [1.165, 1.54) is 24.2 Å². The molecule has 1 aromatic heterocycles. The van der Waals surface area contributed by atoms with Crippen molar-refractivity contribution in [2.45, 2.75) is 46.1 Å². The molecule has 22 heavy (non-hydrogen) atoms. The van der Waals surface area contributed by atoms with Gasteiger partial charge in [0, 0.05) is 10.9 Å². The van der Waals surface area contributed by atoms with Crippen LogP contribution in [0.1, 0.15) is 42.9 Å². The number of hydrogen-bond acceptors (Lipinski definition) is 3. The molecule has 2 aromatic rings. The number of quaternary nitrogens is 1. The molecule has 1 aromatic carbocycles. The molecule has 0 saturated carbocycles. The summed E-state index contributed by atoms with van der Waals surface area (Å²) in [6.07, 6.45) is 4.41. The van der Waals surface area contributed by atoms with Crippen molar-refractivity contribution >= 4 is 11.0 Å². The first-order chi connectivity index (χ1) is 10.6. The fourth-order valence-corrected chi connectivity index (χ4v) is 3.56. The number of fused-ring (bicyclic) bond motifs is 1. The highest BCUT2D eigenvalue weighted by atomic mass is 16.4. The van der Waals surface area contributed by atoms with Gasteiger partial charge in [0.2, 0.25) is 0 Å². The highest BCUT2D eigenvalue weighted by Crippen LogP contribution is 2.29. The van der Waals surface area contributed by atoms with Crippen LogP contribution in [0.2, 0.25) is 0 Å². The molecule has 4 nitrogen and oxygen atoms in total. The number of phenolic OH excluding ortho intramolecular Hbond substituents is 1. The zero-order chi connectivity index (χ0) is 15.7. The van der Waals surface area contributed by atoms with Gasteiger partial charge in [0.25, 0.3) is 0 Å². The lowest BCUT2D eigenvalue weighted by atomic mass is 10.0. The number of aromatic hydroxyl groups is 1. The van der Waals surface area contributed by atoms with E-state index in [0.717, 1.165) is 41.7 Å². The van der Waals surface area contributed by atoms with Gasteiger partial charge in [-0.05, 0) is 50.3 Å². The minimum Gasteiger partial charge on any atom is -0.507 e. The monoisotopic (exact) mass is 302 g/mol. The van der Waals surface area contributed by atoms with Crippen LogP contribution in [-0.2, 0) is 13.0 Å². The number of hydrogen-bond donors (Lipinski definition) is 2. The summed E-state index contributed by atoms with van der Waals surface area (Å²) in [6.45, 7) is 6.88. The van der Waals surface area contributed by atoms with Crippen molar-refractivity contribution in [1.29, 1.82) is 0 Å². The SMILES string of the molecule is CCc1c(C)c2ccc(O)c(C[NH+]3CCCCC3)c2oc1=O. The van der Waals surface area contributed by atoms with E-state index in [0.29, 0.717) is 12.0 Å². The Balaban J connectivity index is 2.12. The van der Waals surface area contributed by atoms with Crippen LogP contribution in [0.5, 0.6) is 5.75 Å². The molecule has 1 fully saturated rings. The van der Waals surface area contributed by atoms with Crippen LogP contribution < -0.4 is 10.5 Å². The standard InChI is InChI=1S/C18H23NO3/c1-3-13-12(2)14-7-8-16(20)15(17(14)22-18(13)21)11-19-9-5-4-6-10-19/h7-8,20H,3-6,9-11H2,1-2H3/p+1. The van der Waals surface area contributed by atoms with Gasteiger partial charge >= 0.3 is 5.63 Å². The van der Waals surface area contributed by atoms with Gasteiger partial charge in [0.15, 0.2) is 5.58 Å². The molecule has 1 aliphatic heterocycles. The third-order valence-corrected chi connectivity index (χ3v) is 4.87. The number of piperidine rings is 1. The highest BCUT2D eigenvalue weighted by molar-refractivity contribution is 5.85. The predicted molar refractivity (Wildman–Crippen MR) is 86.5 cm³/mol. The maximum Gasteiger partial charge on any atom is 0.339 e. The summed E-state index contributed by atoms with van der Waals surface area (Å²) in [5.74, 6) is 0.234. The summed E-state index contributed by atoms with van der Waals surface area (Å²) in [7, 11) is 0. The van der Waals surface area contributed by atoms with E-state index in [1.807, 2.05) is 19.9 Å². The van der Waals surface area contributed by atoms with E-state index in [9.17, 15) is 9.90 Å². The number of rotatable bonds is 3. The van der Waals surface area contributed by atoms with Crippen molar-refractivity contribution in [3.63, 3.8) is 0 Å². The molecule has 1 saturated heterocycles. The normalized spacial score (nSPS) is 16.3. The van der Waals surface area contributed by atoms with E-state index in [-0.39, 0.29) is 11.4 Å². The molecule has 1 aliphatic rings. The smallest absolute Gasteiger partial charge is 0.339 e. The van der Waals surface area contributed by atoms with Gasteiger partial charge in [0.05, 0.1) is 18.7 Å². The first-order valence-corrected chi connectivity index (χ1v) is 8.22. The van der Waals surface area contributed by atoms with Crippen molar-refractivity contribution in [3.8, 4) is 5.75 Å². The Bertz CT molecular complexity index is 742. The van der Waals surface area contributed by atoms with Crippen LogP contribution >= 0.6 is 0 Å². The summed E-state index contributed by atoms with van der Waals surface area (Å²) < 4.78 is 5.59. The number of phenols is 1. The van der Waals surface area contributed by atoms with Gasteiger partial charge in [-0.3, -0.25) is 0 Å². The lowest BCUT2D eigenvalue weighted by Crippen LogP contribution is -3.11. The largest absolute Gasteiger partial charge is 0.507 e. The Labute approximate surface area is 130 Å². The van der Waals surface area contributed by atoms with Crippen molar-refractivity contribution in [3.05, 3.63) is 39.2 Å². The fourth-order valence-electron chi connectivity index (χ4n) is 3.56.